The summed E-state index contributed by atoms with van der Waals surface area (Å²) in [5.74, 6) is -0.476. The number of benzene rings is 2. The van der Waals surface area contributed by atoms with Crippen LogP contribution in [0.3, 0.4) is 0 Å². The Balaban J connectivity index is 1.44. The number of rotatable bonds is 5. The van der Waals surface area contributed by atoms with Crippen LogP contribution in [0.4, 0.5) is 5.69 Å². The summed E-state index contributed by atoms with van der Waals surface area (Å²) < 4.78 is 28.9. The average molecular weight is 480 g/mol. The Bertz CT molecular complexity index is 1190. The number of hydrogen-bond acceptors (Lipinski definition) is 5. The molecular weight excluding hydrogens is 461 g/mol. The van der Waals surface area contributed by atoms with Gasteiger partial charge >= 0.3 is 0 Å². The minimum atomic E-state index is -3.79. The third-order valence-corrected chi connectivity index (χ3v) is 7.78. The van der Waals surface area contributed by atoms with Crippen LogP contribution >= 0.6 is 23.2 Å². The van der Waals surface area contributed by atoms with Crippen molar-refractivity contribution >= 4 is 44.8 Å². The van der Waals surface area contributed by atoms with E-state index in [0.29, 0.717) is 29.2 Å². The topological polar surface area (TPSA) is 97.2 Å². The zero-order chi connectivity index (χ0) is 22.0. The summed E-state index contributed by atoms with van der Waals surface area (Å²) in [6.45, 7) is 0.433. The van der Waals surface area contributed by atoms with E-state index in [2.05, 4.69) is 15.4 Å². The van der Waals surface area contributed by atoms with E-state index in [1.54, 1.807) is 17.1 Å². The molecule has 0 atom stereocenters. The molecule has 1 saturated heterocycles. The quantitative estimate of drug-likeness (QED) is 0.602. The summed E-state index contributed by atoms with van der Waals surface area (Å²) in [4.78, 5) is 16.8. The fourth-order valence-corrected chi connectivity index (χ4v) is 5.73. The first-order valence-electron chi connectivity index (χ1n) is 9.56. The molecule has 1 aromatic heterocycles. The largest absolute Gasteiger partial charge is 0.324 e. The van der Waals surface area contributed by atoms with Gasteiger partial charge in [0.2, 0.25) is 15.9 Å². The van der Waals surface area contributed by atoms with Crippen LogP contribution in [0.5, 0.6) is 0 Å². The molecule has 1 aliphatic heterocycles. The van der Waals surface area contributed by atoms with Crippen LogP contribution in [-0.4, -0.2) is 46.5 Å². The Labute approximate surface area is 189 Å². The second-order valence-corrected chi connectivity index (χ2v) is 9.85. The predicted octanol–water partition coefficient (Wildman–Crippen LogP) is 3.61. The molecule has 3 aromatic rings. The number of carbonyl (C=O) groups is 1. The van der Waals surface area contributed by atoms with Gasteiger partial charge in [-0.3, -0.25) is 4.79 Å². The van der Waals surface area contributed by atoms with Gasteiger partial charge in [-0.15, -0.1) is 0 Å². The molecule has 2 heterocycles. The van der Waals surface area contributed by atoms with Gasteiger partial charge in [-0.2, -0.15) is 9.40 Å². The van der Waals surface area contributed by atoms with Crippen molar-refractivity contribution in [2.45, 2.75) is 17.7 Å². The number of amides is 1. The smallest absolute Gasteiger partial charge is 0.244 e. The lowest BCUT2D eigenvalue weighted by molar-refractivity contribution is -0.120. The summed E-state index contributed by atoms with van der Waals surface area (Å²) in [6.07, 6.45) is 3.76. The van der Waals surface area contributed by atoms with Crippen LogP contribution in [-0.2, 0) is 14.8 Å². The highest BCUT2D eigenvalue weighted by molar-refractivity contribution is 7.89. The van der Waals surface area contributed by atoms with Gasteiger partial charge < -0.3 is 5.32 Å². The highest BCUT2D eigenvalue weighted by Gasteiger charge is 2.33. The van der Waals surface area contributed by atoms with Crippen LogP contribution in [0, 0.1) is 5.92 Å². The van der Waals surface area contributed by atoms with Crippen molar-refractivity contribution in [1.29, 1.82) is 0 Å². The zero-order valence-electron chi connectivity index (χ0n) is 16.3. The number of para-hydroxylation sites is 2. The molecule has 1 fully saturated rings. The molecule has 0 bridgehead atoms. The maximum absolute atomic E-state index is 13.0. The summed E-state index contributed by atoms with van der Waals surface area (Å²) in [5.41, 5.74) is 1.31. The number of nitrogens with zero attached hydrogens (tertiary/aromatic N) is 4. The summed E-state index contributed by atoms with van der Waals surface area (Å²) in [6, 6.07) is 11.6. The van der Waals surface area contributed by atoms with E-state index in [9.17, 15) is 13.2 Å². The van der Waals surface area contributed by atoms with Crippen LogP contribution in [0.2, 0.25) is 10.0 Å². The highest BCUT2D eigenvalue weighted by Crippen LogP contribution is 2.31. The van der Waals surface area contributed by atoms with Crippen molar-refractivity contribution < 1.29 is 13.2 Å². The van der Waals surface area contributed by atoms with E-state index in [-0.39, 0.29) is 34.8 Å². The van der Waals surface area contributed by atoms with Crippen molar-refractivity contribution in [1.82, 2.24) is 19.1 Å². The lowest BCUT2D eigenvalue weighted by atomic mass is 9.97. The number of carbonyl (C=O) groups excluding carboxylic acids is 1. The lowest BCUT2D eigenvalue weighted by Gasteiger charge is -2.31. The molecule has 0 spiro atoms. The Hall–Kier alpha value is -2.46. The minimum Gasteiger partial charge on any atom is -0.324 e. The highest BCUT2D eigenvalue weighted by atomic mass is 35.5. The van der Waals surface area contributed by atoms with Crippen molar-refractivity contribution in [2.24, 2.45) is 5.92 Å². The number of nitrogens with one attached hydrogen (secondary N) is 1. The minimum absolute atomic E-state index is 0.0219. The third kappa shape index (κ3) is 4.59. The van der Waals surface area contributed by atoms with E-state index in [4.69, 9.17) is 23.2 Å². The Morgan fingerprint density at radius 2 is 1.84 bits per heavy atom. The SMILES string of the molecule is O=C(Nc1ccccc1-n1cncn1)C1CCN(S(=O)(=O)c2cc(Cl)ccc2Cl)CC1. The monoisotopic (exact) mass is 479 g/mol. The van der Waals surface area contributed by atoms with E-state index in [1.807, 2.05) is 18.2 Å². The Morgan fingerprint density at radius 3 is 2.55 bits per heavy atom. The number of halogens is 2. The van der Waals surface area contributed by atoms with Crippen LogP contribution < -0.4 is 5.32 Å². The van der Waals surface area contributed by atoms with Gasteiger partial charge in [0.25, 0.3) is 0 Å². The first-order valence-corrected chi connectivity index (χ1v) is 11.8. The second-order valence-electron chi connectivity index (χ2n) is 7.10. The molecule has 0 saturated carbocycles. The van der Waals surface area contributed by atoms with Crippen LogP contribution in [0.15, 0.2) is 60.0 Å². The van der Waals surface area contributed by atoms with Gasteiger partial charge in [0.15, 0.2) is 0 Å². The zero-order valence-corrected chi connectivity index (χ0v) is 18.6. The van der Waals surface area contributed by atoms with Gasteiger partial charge in [0.1, 0.15) is 17.6 Å². The average Bonchev–Trinajstić information content (AvgIpc) is 3.30. The molecule has 0 aliphatic carbocycles. The summed E-state index contributed by atoms with van der Waals surface area (Å²) >= 11 is 12.0. The predicted molar refractivity (Wildman–Crippen MR) is 118 cm³/mol. The molecule has 11 heteroatoms. The van der Waals surface area contributed by atoms with E-state index >= 15 is 0 Å². The molecule has 0 radical (unpaired) electrons. The summed E-state index contributed by atoms with van der Waals surface area (Å²) in [5, 5.41) is 7.46. The van der Waals surface area contributed by atoms with Crippen LogP contribution in [0.1, 0.15) is 12.8 Å². The first-order chi connectivity index (χ1) is 14.9. The molecule has 31 heavy (non-hydrogen) atoms. The third-order valence-electron chi connectivity index (χ3n) is 5.16. The summed E-state index contributed by atoms with van der Waals surface area (Å²) in [7, 11) is -3.79. The number of sulfonamides is 1. The van der Waals surface area contributed by atoms with Crippen molar-refractivity contribution in [2.75, 3.05) is 18.4 Å². The van der Waals surface area contributed by atoms with E-state index < -0.39 is 10.0 Å². The molecular formula is C20H19Cl2N5O3S. The lowest BCUT2D eigenvalue weighted by Crippen LogP contribution is -2.41. The normalized spacial score (nSPS) is 15.7. The number of aromatic nitrogens is 3. The fourth-order valence-electron chi connectivity index (χ4n) is 3.52. The molecule has 1 N–H and O–H groups in total. The van der Waals surface area contributed by atoms with Crippen molar-refractivity contribution in [3.63, 3.8) is 0 Å². The standard InChI is InChI=1S/C20H19Cl2N5O3S/c21-15-5-6-16(22)19(11-15)31(29,30)26-9-7-14(8-10-26)20(28)25-17-3-1-2-4-18(17)27-13-23-12-24-27/h1-6,11-14H,7-10H2,(H,25,28). The van der Waals surface area contributed by atoms with Gasteiger partial charge in [-0.1, -0.05) is 35.3 Å². The Morgan fingerprint density at radius 1 is 1.10 bits per heavy atom. The van der Waals surface area contributed by atoms with Gasteiger partial charge in [0, 0.05) is 24.0 Å². The molecule has 1 amide bonds. The first kappa shape index (κ1) is 21.8. The number of hydrogen-bond donors (Lipinski definition) is 1. The van der Waals surface area contributed by atoms with Crippen LogP contribution in [0.25, 0.3) is 5.69 Å². The van der Waals surface area contributed by atoms with Crippen molar-refractivity contribution in [3.8, 4) is 5.69 Å². The molecule has 2 aromatic carbocycles. The molecule has 0 unspecified atom stereocenters. The number of piperidine rings is 1. The Kier molecular flexibility index (Phi) is 6.29. The van der Waals surface area contributed by atoms with Gasteiger partial charge in [0.05, 0.1) is 16.4 Å². The molecule has 4 rings (SSSR count). The van der Waals surface area contributed by atoms with Gasteiger partial charge in [-0.25, -0.2) is 18.1 Å². The second kappa shape index (κ2) is 8.96. The van der Waals surface area contributed by atoms with Gasteiger partial charge in [-0.05, 0) is 43.2 Å². The molecule has 1 aliphatic rings. The maximum atomic E-state index is 13.0. The fraction of sp³-hybridized carbons (Fsp3) is 0.250. The molecule has 8 nitrogen and oxygen atoms in total. The van der Waals surface area contributed by atoms with E-state index in [0.717, 1.165) is 0 Å². The molecule has 162 valence electrons. The van der Waals surface area contributed by atoms with Crippen molar-refractivity contribution in [3.05, 3.63) is 65.2 Å². The van der Waals surface area contributed by atoms with E-state index in [1.165, 1.54) is 28.8 Å². The number of anilines is 1. The maximum Gasteiger partial charge on any atom is 0.244 e.